The van der Waals surface area contributed by atoms with Crippen molar-refractivity contribution in [2.24, 2.45) is 0 Å². The number of hydrogen-bond acceptors (Lipinski definition) is 2. The first-order chi connectivity index (χ1) is 4.66. The van der Waals surface area contributed by atoms with Crippen molar-refractivity contribution in [3.8, 4) is 0 Å². The summed E-state index contributed by atoms with van der Waals surface area (Å²) in [6.45, 7) is 4.57. The van der Waals surface area contributed by atoms with Crippen LogP contribution in [-0.4, -0.2) is 24.2 Å². The minimum Gasteiger partial charge on any atom is -0.480 e. The van der Waals surface area contributed by atoms with Gasteiger partial charge in [0.25, 0.3) is 0 Å². The van der Waals surface area contributed by atoms with Crippen molar-refractivity contribution in [2.75, 3.05) is 13.1 Å². The highest BCUT2D eigenvalue weighted by molar-refractivity contribution is 5.69. The van der Waals surface area contributed by atoms with Crippen molar-refractivity contribution in [3.05, 3.63) is 11.6 Å². The second-order valence-electron chi connectivity index (χ2n) is 2.13. The zero-order chi connectivity index (χ0) is 7.98. The molecule has 0 spiro atoms. The number of aliphatic carboxylic acids is 1. The normalized spacial score (nSPS) is 11.6. The number of carboxylic acids is 1. The summed E-state index contributed by atoms with van der Waals surface area (Å²) in [5, 5.41) is 11.0. The van der Waals surface area contributed by atoms with Crippen molar-refractivity contribution < 1.29 is 9.90 Å². The molecule has 0 atom stereocenters. The number of nitrogens with one attached hydrogen (secondary N) is 1. The molecule has 0 aliphatic rings. The molecule has 3 nitrogen and oxygen atoms in total. The smallest absolute Gasteiger partial charge is 0.317 e. The number of hydrogen-bond donors (Lipinski definition) is 2. The third-order valence-electron chi connectivity index (χ3n) is 1.17. The molecule has 0 aliphatic carbocycles. The van der Waals surface area contributed by atoms with E-state index in [9.17, 15) is 4.79 Å². The molecule has 0 saturated heterocycles. The van der Waals surface area contributed by atoms with Gasteiger partial charge in [0.2, 0.25) is 0 Å². The summed E-state index contributed by atoms with van der Waals surface area (Å²) < 4.78 is 0. The summed E-state index contributed by atoms with van der Waals surface area (Å²) in [6.07, 6.45) is 1.95. The van der Waals surface area contributed by atoms with Gasteiger partial charge in [-0.25, -0.2) is 0 Å². The first kappa shape index (κ1) is 9.17. The van der Waals surface area contributed by atoms with Crippen LogP contribution in [0.1, 0.15) is 13.8 Å². The highest BCUT2D eigenvalue weighted by atomic mass is 16.4. The summed E-state index contributed by atoms with van der Waals surface area (Å²) in [5.74, 6) is -0.816. The van der Waals surface area contributed by atoms with E-state index in [0.717, 1.165) is 5.57 Å². The maximum atomic E-state index is 9.99. The molecule has 3 heteroatoms. The molecule has 0 aromatic rings. The van der Waals surface area contributed by atoms with Crippen LogP contribution in [0.4, 0.5) is 0 Å². The lowest BCUT2D eigenvalue weighted by molar-refractivity contribution is -0.135. The van der Waals surface area contributed by atoms with E-state index in [-0.39, 0.29) is 6.54 Å². The van der Waals surface area contributed by atoms with Crippen LogP contribution in [0.3, 0.4) is 0 Å². The standard InChI is InChI=1S/C7H13NO2/c1-3-6(2)4-8-5-7(9)10/h3,8H,4-5H2,1-2H3,(H,9,10)/b6-3+. The molecule has 0 aromatic carbocycles. The van der Waals surface area contributed by atoms with Gasteiger partial charge in [0, 0.05) is 6.54 Å². The Morgan fingerprint density at radius 2 is 2.20 bits per heavy atom. The molecule has 0 aromatic heterocycles. The zero-order valence-electron chi connectivity index (χ0n) is 6.35. The number of rotatable bonds is 4. The van der Waals surface area contributed by atoms with Gasteiger partial charge in [-0.15, -0.1) is 0 Å². The third-order valence-corrected chi connectivity index (χ3v) is 1.17. The molecule has 58 valence electrons. The topological polar surface area (TPSA) is 49.3 Å². The van der Waals surface area contributed by atoms with Gasteiger partial charge in [0.15, 0.2) is 0 Å². The summed E-state index contributed by atoms with van der Waals surface area (Å²) in [4.78, 5) is 9.99. The monoisotopic (exact) mass is 143 g/mol. The molecular weight excluding hydrogens is 130 g/mol. The van der Waals surface area contributed by atoms with Gasteiger partial charge in [0.1, 0.15) is 0 Å². The van der Waals surface area contributed by atoms with Crippen LogP contribution in [0.25, 0.3) is 0 Å². The molecule has 0 amide bonds. The maximum Gasteiger partial charge on any atom is 0.317 e. The van der Waals surface area contributed by atoms with E-state index in [1.807, 2.05) is 19.9 Å². The molecule has 0 rings (SSSR count). The lowest BCUT2D eigenvalue weighted by atomic mass is 10.3. The second-order valence-corrected chi connectivity index (χ2v) is 2.13. The lowest BCUT2D eigenvalue weighted by Crippen LogP contribution is -2.23. The zero-order valence-corrected chi connectivity index (χ0v) is 6.35. The van der Waals surface area contributed by atoms with Gasteiger partial charge in [-0.3, -0.25) is 4.79 Å². The molecule has 2 N–H and O–H groups in total. The summed E-state index contributed by atoms with van der Waals surface area (Å²) in [5.41, 5.74) is 1.15. The second kappa shape index (κ2) is 4.99. The molecule has 0 bridgehead atoms. The van der Waals surface area contributed by atoms with Gasteiger partial charge >= 0.3 is 5.97 Å². The van der Waals surface area contributed by atoms with Crippen LogP contribution >= 0.6 is 0 Å². The Hall–Kier alpha value is -0.830. The van der Waals surface area contributed by atoms with Crippen LogP contribution in [-0.2, 0) is 4.79 Å². The highest BCUT2D eigenvalue weighted by Gasteiger charge is 1.93. The molecular formula is C7H13NO2. The van der Waals surface area contributed by atoms with Gasteiger partial charge in [-0.2, -0.15) is 0 Å². The van der Waals surface area contributed by atoms with Crippen LogP contribution in [0.2, 0.25) is 0 Å². The van der Waals surface area contributed by atoms with Crippen molar-refractivity contribution in [1.82, 2.24) is 5.32 Å². The summed E-state index contributed by atoms with van der Waals surface area (Å²) >= 11 is 0. The predicted octanol–water partition coefficient (Wildman–Crippen LogP) is 0.627. The van der Waals surface area contributed by atoms with E-state index in [1.54, 1.807) is 0 Å². The van der Waals surface area contributed by atoms with Gasteiger partial charge in [0.05, 0.1) is 6.54 Å². The average Bonchev–Trinajstić information content (AvgIpc) is 1.87. The number of allylic oxidation sites excluding steroid dienone is 1. The number of carboxylic acid groups (broad SMARTS) is 1. The van der Waals surface area contributed by atoms with Crippen molar-refractivity contribution >= 4 is 5.97 Å². The summed E-state index contributed by atoms with van der Waals surface area (Å²) in [6, 6.07) is 0. The van der Waals surface area contributed by atoms with Crippen LogP contribution in [0, 0.1) is 0 Å². The fourth-order valence-corrected chi connectivity index (χ4v) is 0.469. The Bertz CT molecular complexity index is 141. The highest BCUT2D eigenvalue weighted by Crippen LogP contribution is 1.86. The van der Waals surface area contributed by atoms with E-state index < -0.39 is 5.97 Å². The molecule has 0 unspecified atom stereocenters. The first-order valence-corrected chi connectivity index (χ1v) is 3.21. The molecule has 0 aliphatic heterocycles. The molecule has 0 fully saturated rings. The SMILES string of the molecule is C/C=C(\C)CNCC(=O)O. The Morgan fingerprint density at radius 1 is 1.60 bits per heavy atom. The molecule has 0 heterocycles. The van der Waals surface area contributed by atoms with E-state index in [0.29, 0.717) is 6.54 Å². The fraction of sp³-hybridized carbons (Fsp3) is 0.571. The van der Waals surface area contributed by atoms with Crippen molar-refractivity contribution in [2.45, 2.75) is 13.8 Å². The van der Waals surface area contributed by atoms with Crippen LogP contribution in [0.15, 0.2) is 11.6 Å². The van der Waals surface area contributed by atoms with Gasteiger partial charge < -0.3 is 10.4 Å². The molecule has 10 heavy (non-hydrogen) atoms. The maximum absolute atomic E-state index is 9.99. The molecule has 0 radical (unpaired) electrons. The van der Waals surface area contributed by atoms with Crippen molar-refractivity contribution in [1.29, 1.82) is 0 Å². The lowest BCUT2D eigenvalue weighted by Gasteiger charge is -1.99. The van der Waals surface area contributed by atoms with E-state index >= 15 is 0 Å². The number of carbonyl (C=O) groups is 1. The average molecular weight is 143 g/mol. The Kier molecular flexibility index (Phi) is 4.58. The largest absolute Gasteiger partial charge is 0.480 e. The van der Waals surface area contributed by atoms with E-state index in [4.69, 9.17) is 5.11 Å². The quantitative estimate of drug-likeness (QED) is 0.567. The van der Waals surface area contributed by atoms with Gasteiger partial charge in [-0.05, 0) is 13.8 Å². The van der Waals surface area contributed by atoms with E-state index in [2.05, 4.69) is 5.32 Å². The van der Waals surface area contributed by atoms with Crippen LogP contribution in [0.5, 0.6) is 0 Å². The Labute approximate surface area is 60.7 Å². The van der Waals surface area contributed by atoms with Crippen LogP contribution < -0.4 is 5.32 Å². The minimum atomic E-state index is -0.816. The molecule has 0 saturated carbocycles. The predicted molar refractivity (Wildman–Crippen MR) is 39.9 cm³/mol. The summed E-state index contributed by atoms with van der Waals surface area (Å²) in [7, 11) is 0. The Balaban J connectivity index is 3.29. The minimum absolute atomic E-state index is 0.0329. The third kappa shape index (κ3) is 5.31. The Morgan fingerprint density at radius 3 is 2.60 bits per heavy atom. The van der Waals surface area contributed by atoms with E-state index in [1.165, 1.54) is 0 Å². The fourth-order valence-electron chi connectivity index (χ4n) is 0.469. The first-order valence-electron chi connectivity index (χ1n) is 3.21. The van der Waals surface area contributed by atoms with Crippen molar-refractivity contribution in [3.63, 3.8) is 0 Å². The van der Waals surface area contributed by atoms with Gasteiger partial charge in [-0.1, -0.05) is 11.6 Å².